The van der Waals surface area contributed by atoms with Crippen LogP contribution in [0.3, 0.4) is 0 Å². The van der Waals surface area contributed by atoms with Crippen LogP contribution in [0, 0.1) is 0 Å². The highest BCUT2D eigenvalue weighted by atomic mass is 28.4. The maximum absolute atomic E-state index is 10.7. The molecular formula is C24H27NO3Si. The van der Waals surface area contributed by atoms with Gasteiger partial charge in [0, 0.05) is 0 Å². The standard InChI is InChI=1S/C24H27NO3Si/c1-24(2,3)29(22-10-6-4-7-11-22,23-12-8-5-9-13-23)28-17-16-27-21-15-14-20(19-26)25-18-21/h4-15,18-19H,16-17H2,1-3H3. The average Bonchev–Trinajstić information content (AvgIpc) is 2.74. The molecule has 1 aromatic heterocycles. The van der Waals surface area contributed by atoms with E-state index in [1.165, 1.54) is 10.4 Å². The topological polar surface area (TPSA) is 48.4 Å². The summed E-state index contributed by atoms with van der Waals surface area (Å²) in [4.78, 5) is 14.8. The molecule has 0 spiro atoms. The molecule has 0 aliphatic rings. The van der Waals surface area contributed by atoms with E-state index < -0.39 is 8.32 Å². The first-order chi connectivity index (χ1) is 14.0. The smallest absolute Gasteiger partial charge is 0.261 e. The van der Waals surface area contributed by atoms with E-state index in [-0.39, 0.29) is 5.04 Å². The molecule has 0 unspecified atom stereocenters. The summed E-state index contributed by atoms with van der Waals surface area (Å²) in [5.41, 5.74) is 0.390. The fraction of sp³-hybridized carbons (Fsp3) is 0.250. The number of nitrogens with zero attached hydrogens (tertiary/aromatic N) is 1. The molecule has 0 amide bonds. The molecule has 0 aliphatic heterocycles. The van der Waals surface area contributed by atoms with Crippen LogP contribution >= 0.6 is 0 Å². The van der Waals surface area contributed by atoms with Crippen molar-refractivity contribution in [3.05, 3.63) is 84.7 Å². The number of benzene rings is 2. The van der Waals surface area contributed by atoms with Crippen LogP contribution in [0.1, 0.15) is 31.3 Å². The number of pyridine rings is 1. The molecular weight excluding hydrogens is 378 g/mol. The van der Waals surface area contributed by atoms with Crippen LogP contribution < -0.4 is 15.1 Å². The van der Waals surface area contributed by atoms with Gasteiger partial charge in [-0.05, 0) is 27.5 Å². The number of carbonyl (C=O) groups excluding carboxylic acids is 1. The number of ether oxygens (including phenoxy) is 1. The second-order valence-electron chi connectivity index (χ2n) is 7.90. The number of carbonyl (C=O) groups is 1. The Kier molecular flexibility index (Phi) is 6.62. The Morgan fingerprint density at radius 2 is 1.45 bits per heavy atom. The predicted octanol–water partition coefficient (Wildman–Crippen LogP) is 3.85. The van der Waals surface area contributed by atoms with Crippen LogP contribution in [0.2, 0.25) is 5.04 Å². The normalized spacial score (nSPS) is 11.8. The van der Waals surface area contributed by atoms with Crippen LogP contribution in [0.25, 0.3) is 0 Å². The van der Waals surface area contributed by atoms with Gasteiger partial charge in [-0.2, -0.15) is 0 Å². The van der Waals surface area contributed by atoms with Gasteiger partial charge < -0.3 is 9.16 Å². The molecule has 29 heavy (non-hydrogen) atoms. The van der Waals surface area contributed by atoms with Crippen molar-refractivity contribution in [2.24, 2.45) is 0 Å². The Morgan fingerprint density at radius 1 is 0.862 bits per heavy atom. The highest BCUT2D eigenvalue weighted by Crippen LogP contribution is 2.36. The summed E-state index contributed by atoms with van der Waals surface area (Å²) in [6.45, 7) is 7.63. The second-order valence-corrected chi connectivity index (χ2v) is 12.2. The minimum atomic E-state index is -2.54. The Bertz CT molecular complexity index is 867. The third kappa shape index (κ3) is 4.63. The molecule has 0 fully saturated rings. The zero-order valence-electron chi connectivity index (χ0n) is 17.2. The number of aldehydes is 1. The van der Waals surface area contributed by atoms with Crippen molar-refractivity contribution in [1.82, 2.24) is 4.98 Å². The SMILES string of the molecule is CC(C)(C)[Si](OCCOc1ccc(C=O)nc1)(c1ccccc1)c1ccccc1. The van der Waals surface area contributed by atoms with Crippen LogP contribution in [-0.2, 0) is 4.43 Å². The summed E-state index contributed by atoms with van der Waals surface area (Å²) in [6, 6.07) is 24.5. The fourth-order valence-corrected chi connectivity index (χ4v) is 8.21. The first-order valence-electron chi connectivity index (χ1n) is 9.76. The van der Waals surface area contributed by atoms with Crippen molar-refractivity contribution in [1.29, 1.82) is 0 Å². The van der Waals surface area contributed by atoms with Gasteiger partial charge in [-0.1, -0.05) is 81.4 Å². The monoisotopic (exact) mass is 405 g/mol. The third-order valence-electron chi connectivity index (χ3n) is 4.97. The zero-order valence-corrected chi connectivity index (χ0v) is 18.2. The summed E-state index contributed by atoms with van der Waals surface area (Å²) in [6.07, 6.45) is 2.28. The molecule has 2 aromatic carbocycles. The van der Waals surface area contributed by atoms with Gasteiger partial charge in [-0.15, -0.1) is 0 Å². The summed E-state index contributed by atoms with van der Waals surface area (Å²) < 4.78 is 12.6. The van der Waals surface area contributed by atoms with Crippen molar-refractivity contribution >= 4 is 25.0 Å². The van der Waals surface area contributed by atoms with Crippen LogP contribution in [0.5, 0.6) is 5.75 Å². The van der Waals surface area contributed by atoms with E-state index in [0.29, 0.717) is 24.7 Å². The summed E-state index contributed by atoms with van der Waals surface area (Å²) in [5.74, 6) is 0.627. The molecule has 0 radical (unpaired) electrons. The van der Waals surface area contributed by atoms with Gasteiger partial charge in [0.15, 0.2) is 6.29 Å². The minimum Gasteiger partial charge on any atom is -0.490 e. The van der Waals surface area contributed by atoms with E-state index in [1.807, 2.05) is 12.1 Å². The molecule has 0 N–H and O–H groups in total. The van der Waals surface area contributed by atoms with Gasteiger partial charge in [-0.3, -0.25) is 4.79 Å². The van der Waals surface area contributed by atoms with Crippen LogP contribution in [0.15, 0.2) is 79.0 Å². The highest BCUT2D eigenvalue weighted by Gasteiger charge is 2.50. The molecule has 0 saturated heterocycles. The lowest BCUT2D eigenvalue weighted by Gasteiger charge is -2.43. The average molecular weight is 406 g/mol. The molecule has 3 aromatic rings. The molecule has 0 bridgehead atoms. The number of rotatable bonds is 8. The lowest BCUT2D eigenvalue weighted by Crippen LogP contribution is -2.66. The van der Waals surface area contributed by atoms with Gasteiger partial charge in [0.05, 0.1) is 12.8 Å². The molecule has 4 nitrogen and oxygen atoms in total. The first-order valence-corrected chi connectivity index (χ1v) is 11.7. The van der Waals surface area contributed by atoms with E-state index in [0.717, 1.165) is 6.29 Å². The van der Waals surface area contributed by atoms with E-state index in [2.05, 4.69) is 74.3 Å². The molecule has 1 heterocycles. The van der Waals surface area contributed by atoms with E-state index >= 15 is 0 Å². The highest BCUT2D eigenvalue weighted by molar-refractivity contribution is 6.99. The Labute approximate surface area is 173 Å². The number of hydrogen-bond acceptors (Lipinski definition) is 4. The lowest BCUT2D eigenvalue weighted by molar-refractivity contribution is 0.111. The number of aromatic nitrogens is 1. The van der Waals surface area contributed by atoms with Crippen LogP contribution in [0.4, 0.5) is 0 Å². The fourth-order valence-electron chi connectivity index (χ4n) is 3.66. The van der Waals surface area contributed by atoms with Crippen molar-refractivity contribution in [2.75, 3.05) is 13.2 Å². The quantitative estimate of drug-likeness (QED) is 0.324. The maximum Gasteiger partial charge on any atom is 0.261 e. The van der Waals surface area contributed by atoms with Crippen molar-refractivity contribution < 1.29 is 14.0 Å². The number of hydrogen-bond donors (Lipinski definition) is 0. The second kappa shape index (κ2) is 9.16. The molecule has 0 aliphatic carbocycles. The van der Waals surface area contributed by atoms with E-state index in [9.17, 15) is 4.79 Å². The van der Waals surface area contributed by atoms with Crippen molar-refractivity contribution in [2.45, 2.75) is 25.8 Å². The minimum absolute atomic E-state index is 0.0666. The predicted molar refractivity (Wildman–Crippen MR) is 119 cm³/mol. The van der Waals surface area contributed by atoms with Crippen molar-refractivity contribution in [3.63, 3.8) is 0 Å². The molecule has 3 rings (SSSR count). The first kappa shape index (κ1) is 21.0. The molecule has 0 saturated carbocycles. The molecule has 0 atom stereocenters. The Balaban J connectivity index is 1.84. The third-order valence-corrected chi connectivity index (χ3v) is 10.0. The Hall–Kier alpha value is -2.76. The zero-order chi connectivity index (χ0) is 20.7. The molecule has 5 heteroatoms. The Morgan fingerprint density at radius 3 is 1.90 bits per heavy atom. The lowest BCUT2D eigenvalue weighted by atomic mass is 10.2. The maximum atomic E-state index is 10.7. The van der Waals surface area contributed by atoms with Gasteiger partial charge >= 0.3 is 0 Å². The van der Waals surface area contributed by atoms with Gasteiger partial charge in [-0.25, -0.2) is 4.98 Å². The summed E-state index contributed by atoms with van der Waals surface area (Å²) in [7, 11) is -2.54. The van der Waals surface area contributed by atoms with Gasteiger partial charge in [0.25, 0.3) is 8.32 Å². The van der Waals surface area contributed by atoms with Crippen LogP contribution in [-0.4, -0.2) is 32.8 Å². The van der Waals surface area contributed by atoms with Gasteiger partial charge in [0.1, 0.15) is 18.1 Å². The van der Waals surface area contributed by atoms with E-state index in [1.54, 1.807) is 18.3 Å². The molecule has 150 valence electrons. The van der Waals surface area contributed by atoms with E-state index in [4.69, 9.17) is 9.16 Å². The summed E-state index contributed by atoms with van der Waals surface area (Å²) >= 11 is 0. The van der Waals surface area contributed by atoms with Gasteiger partial charge in [0.2, 0.25) is 0 Å². The summed E-state index contributed by atoms with van der Waals surface area (Å²) in [5, 5.41) is 2.43. The van der Waals surface area contributed by atoms with Crippen molar-refractivity contribution in [3.8, 4) is 5.75 Å². The largest absolute Gasteiger partial charge is 0.490 e.